The van der Waals surface area contributed by atoms with Gasteiger partial charge in [-0.3, -0.25) is 0 Å². The van der Waals surface area contributed by atoms with Gasteiger partial charge in [-0.1, -0.05) is 0 Å². The van der Waals surface area contributed by atoms with Crippen molar-refractivity contribution in [1.29, 1.82) is 0 Å². The van der Waals surface area contributed by atoms with E-state index in [0.29, 0.717) is 18.3 Å². The minimum Gasteiger partial charge on any atom is -0.474 e. The molecular formula is C5H11NO2S. The number of hydrogen-bond donors (Lipinski definition) is 1. The molecule has 0 amide bonds. The molecule has 0 aromatic rings. The first-order valence-electron chi connectivity index (χ1n) is 2.62. The quantitative estimate of drug-likeness (QED) is 0.457. The molecule has 0 aliphatic rings. The summed E-state index contributed by atoms with van der Waals surface area (Å²) >= 11 is 4.68. The summed E-state index contributed by atoms with van der Waals surface area (Å²) in [5.74, 6) is 0. The second-order valence-electron chi connectivity index (χ2n) is 1.41. The van der Waals surface area contributed by atoms with E-state index >= 15 is 0 Å². The highest BCUT2D eigenvalue weighted by Crippen LogP contribution is 1.71. The lowest BCUT2D eigenvalue weighted by molar-refractivity contribution is 0.202. The molecule has 0 bridgehead atoms. The lowest BCUT2D eigenvalue weighted by atomic mass is 10.7. The van der Waals surface area contributed by atoms with Crippen LogP contribution in [0.1, 0.15) is 0 Å². The Morgan fingerprint density at radius 1 is 1.56 bits per heavy atom. The van der Waals surface area contributed by atoms with E-state index in [-0.39, 0.29) is 0 Å². The Kier molecular flexibility index (Phi) is 5.56. The fourth-order valence-electron chi connectivity index (χ4n) is 0.327. The first-order chi connectivity index (χ1) is 4.31. The van der Waals surface area contributed by atoms with Crippen LogP contribution in [-0.4, -0.2) is 32.5 Å². The zero-order valence-corrected chi connectivity index (χ0v) is 6.46. The minimum atomic E-state index is 0.409. The van der Waals surface area contributed by atoms with Crippen molar-refractivity contribution < 1.29 is 9.47 Å². The largest absolute Gasteiger partial charge is 0.474 e. The average molecular weight is 149 g/mol. The third-order valence-corrected chi connectivity index (χ3v) is 1.07. The highest BCUT2D eigenvalue weighted by Gasteiger charge is 1.88. The SMILES string of the molecule is COCCNC(=S)OC. The predicted molar refractivity (Wildman–Crippen MR) is 39.5 cm³/mol. The molecule has 54 valence electrons. The Hall–Kier alpha value is -0.350. The third kappa shape index (κ3) is 5.52. The molecule has 0 heterocycles. The average Bonchev–Trinajstić information content (AvgIpc) is 1.89. The third-order valence-electron chi connectivity index (χ3n) is 0.761. The van der Waals surface area contributed by atoms with E-state index in [2.05, 4.69) is 22.3 Å². The van der Waals surface area contributed by atoms with Gasteiger partial charge in [0.05, 0.1) is 13.7 Å². The maximum atomic E-state index is 4.76. The predicted octanol–water partition coefficient (Wildman–Crippen LogP) is 0.154. The van der Waals surface area contributed by atoms with Crippen LogP contribution in [-0.2, 0) is 9.47 Å². The van der Waals surface area contributed by atoms with Crippen molar-refractivity contribution >= 4 is 17.4 Å². The number of ether oxygens (including phenoxy) is 2. The van der Waals surface area contributed by atoms with Crippen molar-refractivity contribution in [3.05, 3.63) is 0 Å². The Balaban J connectivity index is 2.97. The van der Waals surface area contributed by atoms with Crippen LogP contribution in [0.4, 0.5) is 0 Å². The summed E-state index contributed by atoms with van der Waals surface area (Å²) in [6.45, 7) is 1.34. The molecule has 0 radical (unpaired) electrons. The minimum absolute atomic E-state index is 0.409. The van der Waals surface area contributed by atoms with E-state index in [9.17, 15) is 0 Å². The number of rotatable bonds is 3. The monoisotopic (exact) mass is 149 g/mol. The second-order valence-corrected chi connectivity index (χ2v) is 1.78. The number of hydrogen-bond acceptors (Lipinski definition) is 3. The van der Waals surface area contributed by atoms with Gasteiger partial charge in [-0.25, -0.2) is 0 Å². The number of thiocarbonyl (C=S) groups is 1. The highest BCUT2D eigenvalue weighted by atomic mass is 32.1. The topological polar surface area (TPSA) is 30.5 Å². The van der Waals surface area contributed by atoms with Gasteiger partial charge >= 0.3 is 0 Å². The van der Waals surface area contributed by atoms with Gasteiger partial charge < -0.3 is 14.8 Å². The van der Waals surface area contributed by atoms with Crippen molar-refractivity contribution in [2.45, 2.75) is 0 Å². The maximum Gasteiger partial charge on any atom is 0.256 e. The van der Waals surface area contributed by atoms with Gasteiger partial charge in [-0.2, -0.15) is 0 Å². The summed E-state index contributed by atoms with van der Waals surface area (Å²) < 4.78 is 9.42. The molecular weight excluding hydrogens is 138 g/mol. The molecule has 1 N–H and O–H groups in total. The Morgan fingerprint density at radius 3 is 2.67 bits per heavy atom. The molecule has 0 saturated heterocycles. The summed E-state index contributed by atoms with van der Waals surface area (Å²) in [7, 11) is 3.17. The van der Waals surface area contributed by atoms with Crippen LogP contribution in [0.25, 0.3) is 0 Å². The standard InChI is InChI=1S/C5H11NO2S/c1-7-4-3-6-5(9)8-2/h3-4H2,1-2H3,(H,6,9). The molecule has 0 aliphatic carbocycles. The highest BCUT2D eigenvalue weighted by molar-refractivity contribution is 7.80. The van der Waals surface area contributed by atoms with Crippen LogP contribution in [0.15, 0.2) is 0 Å². The van der Waals surface area contributed by atoms with Gasteiger partial charge in [-0.05, 0) is 12.2 Å². The molecule has 0 rings (SSSR count). The second kappa shape index (κ2) is 5.78. The molecule has 3 nitrogen and oxygen atoms in total. The van der Waals surface area contributed by atoms with Crippen LogP contribution in [0.5, 0.6) is 0 Å². The van der Waals surface area contributed by atoms with Gasteiger partial charge in [0.1, 0.15) is 0 Å². The lowest BCUT2D eigenvalue weighted by Crippen LogP contribution is -2.26. The molecule has 0 aromatic heterocycles. The molecule has 0 spiro atoms. The smallest absolute Gasteiger partial charge is 0.256 e. The summed E-state index contributed by atoms with van der Waals surface area (Å²) in [4.78, 5) is 0. The molecule has 9 heavy (non-hydrogen) atoms. The van der Waals surface area contributed by atoms with E-state index in [4.69, 9.17) is 4.74 Å². The van der Waals surface area contributed by atoms with Crippen LogP contribution in [0.3, 0.4) is 0 Å². The summed E-state index contributed by atoms with van der Waals surface area (Å²) in [5.41, 5.74) is 0. The summed E-state index contributed by atoms with van der Waals surface area (Å²) in [5, 5.41) is 3.23. The number of methoxy groups -OCH3 is 2. The Morgan fingerprint density at radius 2 is 2.22 bits per heavy atom. The van der Waals surface area contributed by atoms with Crippen LogP contribution >= 0.6 is 12.2 Å². The van der Waals surface area contributed by atoms with Gasteiger partial charge in [0, 0.05) is 13.7 Å². The first kappa shape index (κ1) is 8.65. The molecule has 0 atom stereocenters. The van der Waals surface area contributed by atoms with E-state index in [1.54, 1.807) is 7.11 Å². The molecule has 4 heteroatoms. The van der Waals surface area contributed by atoms with Crippen LogP contribution in [0, 0.1) is 0 Å². The van der Waals surface area contributed by atoms with Crippen molar-refractivity contribution in [2.24, 2.45) is 0 Å². The van der Waals surface area contributed by atoms with E-state index < -0.39 is 0 Å². The first-order valence-corrected chi connectivity index (χ1v) is 3.03. The molecule has 0 fully saturated rings. The van der Waals surface area contributed by atoms with Gasteiger partial charge in [0.25, 0.3) is 5.17 Å². The van der Waals surface area contributed by atoms with E-state index in [1.165, 1.54) is 7.11 Å². The molecule has 0 saturated carbocycles. The molecule has 0 unspecified atom stereocenters. The van der Waals surface area contributed by atoms with Crippen molar-refractivity contribution in [3.63, 3.8) is 0 Å². The van der Waals surface area contributed by atoms with Crippen LogP contribution < -0.4 is 5.32 Å². The van der Waals surface area contributed by atoms with Crippen molar-refractivity contribution in [2.75, 3.05) is 27.4 Å². The van der Waals surface area contributed by atoms with Gasteiger partial charge in [0.15, 0.2) is 0 Å². The number of nitrogens with one attached hydrogen (secondary N) is 1. The maximum absolute atomic E-state index is 4.76. The van der Waals surface area contributed by atoms with E-state index in [1.807, 2.05) is 0 Å². The zero-order chi connectivity index (χ0) is 7.11. The molecule has 0 aliphatic heterocycles. The van der Waals surface area contributed by atoms with Crippen molar-refractivity contribution in [1.82, 2.24) is 5.32 Å². The fourth-order valence-corrected chi connectivity index (χ4v) is 0.429. The Labute approximate surface area is 60.3 Å². The summed E-state index contributed by atoms with van der Waals surface area (Å²) in [6, 6.07) is 0. The Bertz CT molecular complexity index is 87.0. The van der Waals surface area contributed by atoms with E-state index in [0.717, 1.165) is 0 Å². The zero-order valence-electron chi connectivity index (χ0n) is 5.64. The van der Waals surface area contributed by atoms with Gasteiger partial charge in [-0.15, -0.1) is 0 Å². The summed E-state index contributed by atoms with van der Waals surface area (Å²) in [6.07, 6.45) is 0. The molecule has 0 aromatic carbocycles. The van der Waals surface area contributed by atoms with Gasteiger partial charge in [0.2, 0.25) is 0 Å². The lowest BCUT2D eigenvalue weighted by Gasteiger charge is -2.03. The normalized spacial score (nSPS) is 8.67. The van der Waals surface area contributed by atoms with Crippen molar-refractivity contribution in [3.8, 4) is 0 Å². The fraction of sp³-hybridized carbons (Fsp3) is 0.800. The van der Waals surface area contributed by atoms with Crippen LogP contribution in [0.2, 0.25) is 0 Å².